The summed E-state index contributed by atoms with van der Waals surface area (Å²) in [6.07, 6.45) is 9.83. The lowest BCUT2D eigenvalue weighted by Crippen LogP contribution is -2.15. The van der Waals surface area contributed by atoms with Gasteiger partial charge in [-0.15, -0.1) is 0 Å². The van der Waals surface area contributed by atoms with Crippen LogP contribution in [0.3, 0.4) is 0 Å². The summed E-state index contributed by atoms with van der Waals surface area (Å²) in [5, 5.41) is 2.48. The minimum atomic E-state index is 0.00976. The van der Waals surface area contributed by atoms with Crippen molar-refractivity contribution >= 4 is 57.3 Å². The van der Waals surface area contributed by atoms with Gasteiger partial charge in [-0.25, -0.2) is 0 Å². The van der Waals surface area contributed by atoms with Gasteiger partial charge in [0.1, 0.15) is 0 Å². The van der Waals surface area contributed by atoms with Crippen molar-refractivity contribution in [3.63, 3.8) is 0 Å². The Morgan fingerprint density at radius 1 is 0.727 bits per heavy atom. The number of hydrogen-bond donors (Lipinski definition) is 0. The van der Waals surface area contributed by atoms with Crippen molar-refractivity contribution in [2.24, 2.45) is 0 Å². The second-order valence-electron chi connectivity index (χ2n) is 11.8. The normalized spacial score (nSPS) is 12.6. The highest BCUT2D eigenvalue weighted by Gasteiger charge is 2.25. The predicted molar refractivity (Wildman–Crippen MR) is 197 cm³/mol. The lowest BCUT2D eigenvalue weighted by molar-refractivity contribution is 0.588. The van der Waals surface area contributed by atoms with Crippen molar-refractivity contribution in [2.75, 3.05) is 4.90 Å². The lowest BCUT2D eigenvalue weighted by atomic mass is 9.81. The van der Waals surface area contributed by atoms with Gasteiger partial charge < -0.3 is 4.90 Å². The molecule has 0 saturated heterocycles. The molecule has 0 N–H and O–H groups in total. The Morgan fingerprint density at radius 2 is 1.34 bits per heavy atom. The van der Waals surface area contributed by atoms with Gasteiger partial charge in [-0.1, -0.05) is 157 Å². The van der Waals surface area contributed by atoms with Gasteiger partial charge in [-0.05, 0) is 75.4 Å². The van der Waals surface area contributed by atoms with Crippen LogP contribution in [0.15, 0.2) is 132 Å². The Bertz CT molecular complexity index is 1800. The van der Waals surface area contributed by atoms with Crippen LogP contribution in [-0.4, -0.2) is 0 Å². The van der Waals surface area contributed by atoms with Gasteiger partial charge in [0, 0.05) is 15.2 Å². The zero-order valence-electron chi connectivity index (χ0n) is 26.9. The smallest absolute Gasteiger partial charge is 0.0601 e. The molecule has 5 aromatic carbocycles. The first kappa shape index (κ1) is 31.2. The second kappa shape index (κ2) is 13.6. The third-order valence-corrected chi connectivity index (χ3v) is 8.94. The quantitative estimate of drug-likeness (QED) is 0.140. The summed E-state index contributed by atoms with van der Waals surface area (Å²) in [6, 6.07) is 37.5. The summed E-state index contributed by atoms with van der Waals surface area (Å²) in [5.41, 5.74) is 9.66. The summed E-state index contributed by atoms with van der Waals surface area (Å²) >= 11 is 1.84. The molecule has 1 aliphatic heterocycles. The van der Waals surface area contributed by atoms with E-state index in [0.29, 0.717) is 0 Å². The molecule has 0 radical (unpaired) electrons. The number of rotatable bonds is 6. The molecule has 0 aromatic heterocycles. The van der Waals surface area contributed by atoms with Crippen LogP contribution in [-0.2, 0) is 5.41 Å². The van der Waals surface area contributed by atoms with E-state index in [1.807, 2.05) is 25.6 Å². The Hall–Kier alpha value is -4.27. The average Bonchev–Trinajstić information content (AvgIpc) is 3.05. The van der Waals surface area contributed by atoms with Crippen LogP contribution in [0.5, 0.6) is 0 Å². The van der Waals surface area contributed by atoms with E-state index < -0.39 is 0 Å². The number of para-hydroxylation sites is 2. The lowest BCUT2D eigenvalue weighted by Gasteiger charge is -2.33. The molecule has 0 amide bonds. The van der Waals surface area contributed by atoms with Crippen LogP contribution in [0.4, 0.5) is 17.1 Å². The van der Waals surface area contributed by atoms with Gasteiger partial charge in [0.2, 0.25) is 0 Å². The Balaban J connectivity index is 0.00000188. The van der Waals surface area contributed by atoms with E-state index in [1.54, 1.807) is 0 Å². The van der Waals surface area contributed by atoms with E-state index in [2.05, 4.69) is 167 Å². The van der Waals surface area contributed by atoms with Gasteiger partial charge in [0.05, 0.1) is 17.1 Å². The summed E-state index contributed by atoms with van der Waals surface area (Å²) in [5.74, 6) is 0. The molecular formula is C42H43NS. The highest BCUT2D eigenvalue weighted by atomic mass is 32.2. The van der Waals surface area contributed by atoms with Gasteiger partial charge in [0.15, 0.2) is 0 Å². The Kier molecular flexibility index (Phi) is 9.61. The van der Waals surface area contributed by atoms with Crippen molar-refractivity contribution in [1.29, 1.82) is 0 Å². The van der Waals surface area contributed by atoms with Crippen molar-refractivity contribution in [3.05, 3.63) is 144 Å². The van der Waals surface area contributed by atoms with Gasteiger partial charge in [-0.2, -0.15) is 0 Å². The van der Waals surface area contributed by atoms with E-state index in [9.17, 15) is 0 Å². The molecule has 0 spiro atoms. The third-order valence-electron chi connectivity index (χ3n) is 7.81. The zero-order valence-corrected chi connectivity index (χ0v) is 27.7. The summed E-state index contributed by atoms with van der Waals surface area (Å²) < 4.78 is 0. The number of nitrogens with zero attached hydrogens (tertiary/aromatic N) is 1. The van der Waals surface area contributed by atoms with Crippen LogP contribution >= 0.6 is 11.8 Å². The van der Waals surface area contributed by atoms with Crippen molar-refractivity contribution in [2.45, 2.75) is 63.2 Å². The van der Waals surface area contributed by atoms with Crippen LogP contribution in [0.1, 0.15) is 70.2 Å². The molecule has 222 valence electrons. The molecule has 0 bridgehead atoms. The Morgan fingerprint density at radius 3 is 2.00 bits per heavy atom. The molecule has 0 saturated carbocycles. The number of hydrogen-bond acceptors (Lipinski definition) is 2. The van der Waals surface area contributed by atoms with Crippen LogP contribution < -0.4 is 4.90 Å². The number of allylic oxidation sites excluding steroid dienone is 3. The topological polar surface area (TPSA) is 3.24 Å². The van der Waals surface area contributed by atoms with Crippen molar-refractivity contribution in [1.82, 2.24) is 0 Å². The highest BCUT2D eigenvalue weighted by molar-refractivity contribution is 7.99. The second-order valence-corrected chi connectivity index (χ2v) is 12.9. The summed E-state index contributed by atoms with van der Waals surface area (Å²) in [4.78, 5) is 4.97. The Labute approximate surface area is 268 Å². The molecule has 44 heavy (non-hydrogen) atoms. The van der Waals surface area contributed by atoms with E-state index in [4.69, 9.17) is 0 Å². The van der Waals surface area contributed by atoms with Gasteiger partial charge >= 0.3 is 0 Å². The third kappa shape index (κ3) is 6.32. The van der Waals surface area contributed by atoms with Crippen molar-refractivity contribution in [3.8, 4) is 0 Å². The number of fused-ring (bicyclic) bond motifs is 3. The fourth-order valence-electron chi connectivity index (χ4n) is 5.72. The molecular weight excluding hydrogens is 551 g/mol. The first-order valence-electron chi connectivity index (χ1n) is 15.7. The first-order chi connectivity index (χ1) is 21.3. The molecule has 0 unspecified atom stereocenters. The fraction of sp³-hybridized carbons (Fsp3) is 0.190. The van der Waals surface area contributed by atoms with Crippen LogP contribution in [0.25, 0.3) is 28.5 Å². The maximum atomic E-state index is 4.36. The van der Waals surface area contributed by atoms with E-state index in [-0.39, 0.29) is 5.41 Å². The monoisotopic (exact) mass is 593 g/mol. The molecule has 1 aliphatic rings. The molecule has 6 rings (SSSR count). The first-order valence-corrected chi connectivity index (χ1v) is 16.5. The molecule has 0 atom stereocenters. The maximum Gasteiger partial charge on any atom is 0.0601 e. The van der Waals surface area contributed by atoms with E-state index in [0.717, 1.165) is 12.0 Å². The van der Waals surface area contributed by atoms with Crippen LogP contribution in [0, 0.1) is 0 Å². The fourth-order valence-corrected chi connectivity index (χ4v) is 6.78. The molecule has 1 nitrogen and oxygen atoms in total. The molecule has 0 aliphatic carbocycles. The standard InChI is InChI=1S/C40H37NS.C2H6/c1-6-7-14-28(2)31-26-24-29(27-34(31)40(3,4)5)23-25-30-15-12-17-33-32(30)16-13-20-35(33)41-36-18-8-10-21-38(36)42-39-22-11-9-19-37(39)41;1-2/h7-27H,2,6H2,1,3-5H3;1-2H3/b14-7-,25-23+;. The minimum Gasteiger partial charge on any atom is -0.308 e. The molecule has 0 fully saturated rings. The van der Waals surface area contributed by atoms with Crippen molar-refractivity contribution < 1.29 is 0 Å². The minimum absolute atomic E-state index is 0.00976. The molecule has 5 aromatic rings. The summed E-state index contributed by atoms with van der Waals surface area (Å²) in [6.45, 7) is 17.3. The number of benzene rings is 5. The van der Waals surface area contributed by atoms with Crippen LogP contribution in [0.2, 0.25) is 0 Å². The van der Waals surface area contributed by atoms with Gasteiger partial charge in [0.25, 0.3) is 0 Å². The maximum absolute atomic E-state index is 4.36. The average molecular weight is 594 g/mol. The largest absolute Gasteiger partial charge is 0.308 e. The zero-order chi connectivity index (χ0) is 31.3. The highest BCUT2D eigenvalue weighted by Crippen LogP contribution is 2.52. The summed E-state index contributed by atoms with van der Waals surface area (Å²) in [7, 11) is 0. The molecule has 2 heteroatoms. The van der Waals surface area contributed by atoms with E-state index in [1.165, 1.54) is 59.9 Å². The van der Waals surface area contributed by atoms with Gasteiger partial charge in [-0.3, -0.25) is 0 Å². The predicted octanol–water partition coefficient (Wildman–Crippen LogP) is 13.2. The number of anilines is 3. The molecule has 1 heterocycles. The SMILES string of the molecule is C=C(/C=C\CC)c1ccc(/C=C/c2cccc3c(N4c5ccccc5Sc5ccccc54)cccc23)cc1C(C)(C)C.CC. The van der Waals surface area contributed by atoms with E-state index >= 15 is 0 Å².